The number of carbonyl (C=O) groups excluding carboxylic acids is 2. The Morgan fingerprint density at radius 2 is 2.08 bits per heavy atom. The number of urea groups is 1. The minimum Gasteiger partial charge on any atom is -0.508 e. The Bertz CT molecular complexity index is 589. The van der Waals surface area contributed by atoms with Gasteiger partial charge < -0.3 is 20.2 Å². The molecule has 1 heterocycles. The normalized spacial score (nSPS) is 17.7. The molecule has 0 spiro atoms. The first kappa shape index (κ1) is 18.1. The number of phenols is 1. The minimum absolute atomic E-state index is 0.0142. The van der Waals surface area contributed by atoms with E-state index in [-0.39, 0.29) is 29.6 Å². The van der Waals surface area contributed by atoms with Crippen molar-refractivity contribution >= 4 is 11.9 Å². The maximum absolute atomic E-state index is 12.7. The lowest BCUT2D eigenvalue weighted by molar-refractivity contribution is -0.136. The van der Waals surface area contributed by atoms with E-state index < -0.39 is 0 Å². The first-order chi connectivity index (χ1) is 11.4. The van der Waals surface area contributed by atoms with Crippen LogP contribution in [0.15, 0.2) is 24.3 Å². The molecule has 1 atom stereocenters. The van der Waals surface area contributed by atoms with Gasteiger partial charge in [0.1, 0.15) is 5.75 Å². The molecule has 2 rings (SSSR count). The number of benzene rings is 1. The molecule has 1 aliphatic rings. The summed E-state index contributed by atoms with van der Waals surface area (Å²) in [6.45, 7) is 5.34. The largest absolute Gasteiger partial charge is 0.508 e. The van der Waals surface area contributed by atoms with Crippen molar-refractivity contribution in [2.45, 2.75) is 39.3 Å². The van der Waals surface area contributed by atoms with Crippen molar-refractivity contribution in [3.05, 3.63) is 29.8 Å². The first-order valence-corrected chi connectivity index (χ1v) is 8.45. The zero-order valence-corrected chi connectivity index (χ0v) is 14.7. The number of rotatable bonds is 4. The number of piperidine rings is 1. The van der Waals surface area contributed by atoms with Crippen molar-refractivity contribution in [1.29, 1.82) is 0 Å². The second kappa shape index (κ2) is 8.04. The van der Waals surface area contributed by atoms with E-state index in [4.69, 9.17) is 0 Å². The highest BCUT2D eigenvalue weighted by molar-refractivity contribution is 5.81. The smallest absolute Gasteiger partial charge is 0.317 e. The molecule has 3 amide bonds. The molecule has 1 aliphatic heterocycles. The molecule has 0 unspecified atom stereocenters. The third kappa shape index (κ3) is 4.63. The number of phenolic OH excluding ortho intramolecular Hbond substituents is 1. The van der Waals surface area contributed by atoms with Crippen molar-refractivity contribution < 1.29 is 14.7 Å². The van der Waals surface area contributed by atoms with Crippen LogP contribution in [-0.2, 0) is 11.3 Å². The van der Waals surface area contributed by atoms with E-state index >= 15 is 0 Å². The fraction of sp³-hybridized carbons (Fsp3) is 0.556. The molecule has 0 radical (unpaired) electrons. The van der Waals surface area contributed by atoms with E-state index in [2.05, 4.69) is 5.32 Å². The number of likely N-dealkylation sites (tertiary alicyclic amines) is 1. The van der Waals surface area contributed by atoms with Crippen LogP contribution < -0.4 is 5.32 Å². The minimum atomic E-state index is -0.187. The molecule has 1 fully saturated rings. The van der Waals surface area contributed by atoms with Crippen LogP contribution in [0.2, 0.25) is 0 Å². The highest BCUT2D eigenvalue weighted by Crippen LogP contribution is 2.22. The van der Waals surface area contributed by atoms with Gasteiger partial charge in [-0.3, -0.25) is 4.79 Å². The summed E-state index contributed by atoms with van der Waals surface area (Å²) in [5.74, 6) is 0.0200. The zero-order chi connectivity index (χ0) is 17.7. The molecule has 6 nitrogen and oxygen atoms in total. The number of carbonyl (C=O) groups is 2. The van der Waals surface area contributed by atoms with Gasteiger partial charge in [-0.1, -0.05) is 18.2 Å². The number of amides is 3. The lowest BCUT2D eigenvalue weighted by Crippen LogP contribution is -2.50. The predicted molar refractivity (Wildman–Crippen MR) is 92.5 cm³/mol. The van der Waals surface area contributed by atoms with Crippen LogP contribution in [0.5, 0.6) is 5.75 Å². The molecule has 6 heteroatoms. The summed E-state index contributed by atoms with van der Waals surface area (Å²) in [5.41, 5.74) is 0.721. The Hall–Kier alpha value is -2.24. The number of hydrogen-bond acceptors (Lipinski definition) is 3. The average Bonchev–Trinajstić information content (AvgIpc) is 2.55. The number of aromatic hydroxyl groups is 1. The van der Waals surface area contributed by atoms with Gasteiger partial charge in [0.05, 0.1) is 5.92 Å². The van der Waals surface area contributed by atoms with Crippen LogP contribution in [0, 0.1) is 5.92 Å². The molecular formula is C18H27N3O3. The predicted octanol–water partition coefficient (Wildman–Crippen LogP) is 2.18. The maximum Gasteiger partial charge on any atom is 0.317 e. The van der Waals surface area contributed by atoms with Crippen molar-refractivity contribution in [3.63, 3.8) is 0 Å². The van der Waals surface area contributed by atoms with Gasteiger partial charge in [0.15, 0.2) is 0 Å². The van der Waals surface area contributed by atoms with Crippen LogP contribution in [0.1, 0.15) is 32.3 Å². The van der Waals surface area contributed by atoms with Gasteiger partial charge in [0.25, 0.3) is 0 Å². The standard InChI is InChI=1S/C18H27N3O3/c1-13(2)19-18(24)21-10-6-8-15(12-21)17(23)20(3)11-14-7-4-5-9-16(14)22/h4-5,7,9,13,15,22H,6,8,10-12H2,1-3H3,(H,19,24)/t15-/m1/s1. The number of para-hydroxylation sites is 1. The summed E-state index contributed by atoms with van der Waals surface area (Å²) < 4.78 is 0. The molecule has 132 valence electrons. The van der Waals surface area contributed by atoms with E-state index in [9.17, 15) is 14.7 Å². The summed E-state index contributed by atoms with van der Waals surface area (Å²) in [4.78, 5) is 28.2. The molecule has 0 aliphatic carbocycles. The highest BCUT2D eigenvalue weighted by atomic mass is 16.3. The third-order valence-electron chi connectivity index (χ3n) is 4.25. The quantitative estimate of drug-likeness (QED) is 0.887. The molecule has 2 N–H and O–H groups in total. The maximum atomic E-state index is 12.7. The van der Waals surface area contributed by atoms with Crippen LogP contribution in [-0.4, -0.2) is 53.0 Å². The van der Waals surface area contributed by atoms with Crippen LogP contribution in [0.3, 0.4) is 0 Å². The number of nitrogens with one attached hydrogen (secondary N) is 1. The van der Waals surface area contributed by atoms with Gasteiger partial charge in [-0.15, -0.1) is 0 Å². The summed E-state index contributed by atoms with van der Waals surface area (Å²) in [7, 11) is 1.74. The van der Waals surface area contributed by atoms with Gasteiger partial charge in [0.2, 0.25) is 5.91 Å². The van der Waals surface area contributed by atoms with Gasteiger partial charge >= 0.3 is 6.03 Å². The molecule has 0 aromatic heterocycles. The fourth-order valence-electron chi connectivity index (χ4n) is 2.99. The summed E-state index contributed by atoms with van der Waals surface area (Å²) in [5, 5.41) is 12.7. The van der Waals surface area contributed by atoms with Gasteiger partial charge in [-0.05, 0) is 32.8 Å². The fourth-order valence-corrected chi connectivity index (χ4v) is 2.99. The van der Waals surface area contributed by atoms with Gasteiger partial charge in [-0.2, -0.15) is 0 Å². The Morgan fingerprint density at radius 1 is 1.38 bits per heavy atom. The van der Waals surface area contributed by atoms with Crippen molar-refractivity contribution in [2.75, 3.05) is 20.1 Å². The summed E-state index contributed by atoms with van der Waals surface area (Å²) >= 11 is 0. The Morgan fingerprint density at radius 3 is 2.75 bits per heavy atom. The molecule has 0 saturated carbocycles. The Labute approximate surface area is 143 Å². The number of hydrogen-bond donors (Lipinski definition) is 2. The molecule has 24 heavy (non-hydrogen) atoms. The zero-order valence-electron chi connectivity index (χ0n) is 14.7. The van der Waals surface area contributed by atoms with E-state index in [0.717, 1.165) is 18.4 Å². The second-order valence-corrected chi connectivity index (χ2v) is 6.71. The topological polar surface area (TPSA) is 72.9 Å². The van der Waals surface area contributed by atoms with Crippen molar-refractivity contribution in [1.82, 2.24) is 15.1 Å². The first-order valence-electron chi connectivity index (χ1n) is 8.45. The van der Waals surface area contributed by atoms with Gasteiger partial charge in [0, 0.05) is 38.3 Å². The van der Waals surface area contributed by atoms with Crippen LogP contribution in [0.25, 0.3) is 0 Å². The average molecular weight is 333 g/mol. The molecule has 1 aromatic rings. The lowest BCUT2D eigenvalue weighted by atomic mass is 9.96. The molecule has 1 saturated heterocycles. The number of nitrogens with zero attached hydrogens (tertiary/aromatic N) is 2. The Kier molecular flexibility index (Phi) is 6.06. The molecule has 1 aromatic carbocycles. The molecule has 0 bridgehead atoms. The van der Waals surface area contributed by atoms with E-state index in [1.807, 2.05) is 26.0 Å². The summed E-state index contributed by atoms with van der Waals surface area (Å²) in [6.07, 6.45) is 1.61. The van der Waals surface area contributed by atoms with Crippen molar-refractivity contribution in [3.8, 4) is 5.75 Å². The third-order valence-corrected chi connectivity index (χ3v) is 4.25. The van der Waals surface area contributed by atoms with Crippen LogP contribution in [0.4, 0.5) is 4.79 Å². The lowest BCUT2D eigenvalue weighted by Gasteiger charge is -2.34. The van der Waals surface area contributed by atoms with Crippen molar-refractivity contribution in [2.24, 2.45) is 5.92 Å². The molecular weight excluding hydrogens is 306 g/mol. The van der Waals surface area contributed by atoms with Crippen LogP contribution >= 0.6 is 0 Å². The Balaban J connectivity index is 1.96. The van der Waals surface area contributed by atoms with E-state index in [1.165, 1.54) is 0 Å². The SMILES string of the molecule is CC(C)NC(=O)N1CCC[C@@H](C(=O)N(C)Cc2ccccc2O)C1. The van der Waals surface area contributed by atoms with E-state index in [1.54, 1.807) is 29.0 Å². The second-order valence-electron chi connectivity index (χ2n) is 6.71. The monoisotopic (exact) mass is 333 g/mol. The highest BCUT2D eigenvalue weighted by Gasteiger charge is 2.30. The van der Waals surface area contributed by atoms with Gasteiger partial charge in [-0.25, -0.2) is 4.79 Å². The summed E-state index contributed by atoms with van der Waals surface area (Å²) in [6, 6.07) is 7.00. The van der Waals surface area contributed by atoms with E-state index in [0.29, 0.717) is 19.6 Å².